The van der Waals surface area contributed by atoms with Crippen LogP contribution in [0, 0.1) is 0 Å². The van der Waals surface area contributed by atoms with Gasteiger partial charge in [0.1, 0.15) is 11.4 Å². The summed E-state index contributed by atoms with van der Waals surface area (Å²) in [5.74, 6) is 0.333. The molecule has 132 valence electrons. The van der Waals surface area contributed by atoms with Crippen LogP contribution >= 0.6 is 0 Å². The van der Waals surface area contributed by atoms with Crippen molar-refractivity contribution in [1.29, 1.82) is 0 Å². The molecule has 0 unspecified atom stereocenters. The number of ether oxygens (including phenoxy) is 3. The van der Waals surface area contributed by atoms with Crippen molar-refractivity contribution < 1.29 is 19.0 Å². The van der Waals surface area contributed by atoms with E-state index in [1.807, 2.05) is 30.3 Å². The highest BCUT2D eigenvalue weighted by Gasteiger charge is 2.28. The molecule has 2 aromatic rings. The first-order chi connectivity index (χ1) is 12.3. The van der Waals surface area contributed by atoms with E-state index in [-0.39, 0.29) is 18.1 Å². The molecule has 1 amide bonds. The number of amides is 1. The Morgan fingerprint density at radius 3 is 2.96 bits per heavy atom. The first-order valence-corrected chi connectivity index (χ1v) is 8.30. The topological polar surface area (TPSA) is 69.7 Å². The summed E-state index contributed by atoms with van der Waals surface area (Å²) in [7, 11) is 1.56. The Kier molecular flexibility index (Phi) is 5.98. The van der Waals surface area contributed by atoms with Crippen LogP contribution in [0.25, 0.3) is 0 Å². The van der Waals surface area contributed by atoms with Gasteiger partial charge < -0.3 is 19.5 Å². The Morgan fingerprint density at radius 1 is 1.32 bits per heavy atom. The van der Waals surface area contributed by atoms with E-state index < -0.39 is 0 Å². The lowest BCUT2D eigenvalue weighted by molar-refractivity contribution is -0.0605. The molecule has 1 aliphatic rings. The van der Waals surface area contributed by atoms with E-state index in [1.165, 1.54) is 0 Å². The van der Waals surface area contributed by atoms with Crippen LogP contribution < -0.4 is 10.1 Å². The minimum Gasteiger partial charge on any atom is -0.497 e. The van der Waals surface area contributed by atoms with Gasteiger partial charge in [0.05, 0.1) is 32.5 Å². The van der Waals surface area contributed by atoms with Crippen molar-refractivity contribution >= 4 is 5.91 Å². The third-order valence-corrected chi connectivity index (χ3v) is 4.12. The number of hydrogen-bond acceptors (Lipinski definition) is 5. The van der Waals surface area contributed by atoms with Crippen LogP contribution in [0.4, 0.5) is 0 Å². The van der Waals surface area contributed by atoms with Gasteiger partial charge in [0, 0.05) is 18.9 Å². The van der Waals surface area contributed by atoms with Crippen molar-refractivity contribution in [2.75, 3.05) is 20.3 Å². The Bertz CT molecular complexity index is 693. The largest absolute Gasteiger partial charge is 0.497 e. The molecule has 1 saturated heterocycles. The normalized spacial score (nSPS) is 20.0. The van der Waals surface area contributed by atoms with Crippen LogP contribution in [0.15, 0.2) is 48.7 Å². The molecule has 1 aliphatic heterocycles. The molecule has 3 rings (SSSR count). The Morgan fingerprint density at radius 2 is 2.16 bits per heavy atom. The fraction of sp³-hybridized carbons (Fsp3) is 0.368. The van der Waals surface area contributed by atoms with Crippen molar-refractivity contribution in [3.05, 3.63) is 59.9 Å². The minimum atomic E-state index is -0.261. The average Bonchev–Trinajstić information content (AvgIpc) is 2.68. The summed E-state index contributed by atoms with van der Waals surface area (Å²) in [5.41, 5.74) is 1.42. The molecule has 2 heterocycles. The van der Waals surface area contributed by atoms with Crippen LogP contribution in [0.1, 0.15) is 22.5 Å². The second-order valence-corrected chi connectivity index (χ2v) is 5.86. The molecular formula is C19H22N2O4. The van der Waals surface area contributed by atoms with Crippen molar-refractivity contribution in [3.63, 3.8) is 0 Å². The SMILES string of the molecule is COc1ccnc(C(=O)N[C@@H]2COCC[C@@H]2OCc2ccccc2)c1. The summed E-state index contributed by atoms with van der Waals surface area (Å²) in [5, 5.41) is 2.97. The molecule has 0 bridgehead atoms. The summed E-state index contributed by atoms with van der Waals surface area (Å²) < 4.78 is 16.7. The lowest BCUT2D eigenvalue weighted by atomic mass is 10.1. The number of hydrogen-bond donors (Lipinski definition) is 1. The van der Waals surface area contributed by atoms with Gasteiger partial charge >= 0.3 is 0 Å². The molecule has 1 fully saturated rings. The molecule has 0 saturated carbocycles. The Hall–Kier alpha value is -2.44. The predicted octanol–water partition coefficient (Wildman–Crippen LogP) is 2.19. The fourth-order valence-electron chi connectivity index (χ4n) is 2.73. The zero-order valence-corrected chi connectivity index (χ0v) is 14.2. The molecule has 0 aliphatic carbocycles. The smallest absolute Gasteiger partial charge is 0.270 e. The summed E-state index contributed by atoms with van der Waals surface area (Å²) in [6.07, 6.45) is 2.20. The van der Waals surface area contributed by atoms with Crippen LogP contribution in [-0.2, 0) is 16.1 Å². The molecule has 25 heavy (non-hydrogen) atoms. The maximum atomic E-state index is 12.5. The number of carbonyl (C=O) groups excluding carboxylic acids is 1. The monoisotopic (exact) mass is 342 g/mol. The third-order valence-electron chi connectivity index (χ3n) is 4.12. The predicted molar refractivity (Wildman–Crippen MR) is 92.5 cm³/mol. The number of aromatic nitrogens is 1. The van der Waals surface area contributed by atoms with Crippen LogP contribution in [0.2, 0.25) is 0 Å². The van der Waals surface area contributed by atoms with E-state index in [9.17, 15) is 4.79 Å². The van der Waals surface area contributed by atoms with E-state index in [0.717, 1.165) is 12.0 Å². The summed E-state index contributed by atoms with van der Waals surface area (Å²) in [4.78, 5) is 16.6. The highest BCUT2D eigenvalue weighted by Crippen LogP contribution is 2.16. The van der Waals surface area contributed by atoms with E-state index in [2.05, 4.69) is 10.3 Å². The maximum absolute atomic E-state index is 12.5. The highest BCUT2D eigenvalue weighted by atomic mass is 16.5. The number of nitrogens with zero attached hydrogens (tertiary/aromatic N) is 1. The minimum absolute atomic E-state index is 0.0940. The molecule has 1 aromatic heterocycles. The van der Waals surface area contributed by atoms with Gasteiger partial charge in [0.15, 0.2) is 0 Å². The summed E-state index contributed by atoms with van der Waals surface area (Å²) in [6.45, 7) is 1.56. The maximum Gasteiger partial charge on any atom is 0.270 e. The lowest BCUT2D eigenvalue weighted by Gasteiger charge is -2.32. The van der Waals surface area contributed by atoms with E-state index in [1.54, 1.807) is 25.4 Å². The first kappa shape index (κ1) is 17.4. The van der Waals surface area contributed by atoms with E-state index >= 15 is 0 Å². The van der Waals surface area contributed by atoms with Gasteiger partial charge in [-0.05, 0) is 18.1 Å². The van der Waals surface area contributed by atoms with Gasteiger partial charge in [0.25, 0.3) is 5.91 Å². The third kappa shape index (κ3) is 4.78. The summed E-state index contributed by atoms with van der Waals surface area (Å²) in [6, 6.07) is 13.1. The molecule has 6 nitrogen and oxygen atoms in total. The number of carbonyl (C=O) groups is 1. The second kappa shape index (κ2) is 8.60. The lowest BCUT2D eigenvalue weighted by Crippen LogP contribution is -2.50. The van der Waals surface area contributed by atoms with E-state index in [4.69, 9.17) is 14.2 Å². The van der Waals surface area contributed by atoms with Gasteiger partial charge in [-0.1, -0.05) is 30.3 Å². The molecule has 1 N–H and O–H groups in total. The van der Waals surface area contributed by atoms with Crippen LogP contribution in [0.3, 0.4) is 0 Å². The van der Waals surface area contributed by atoms with Crippen molar-refractivity contribution in [2.24, 2.45) is 0 Å². The molecule has 6 heteroatoms. The van der Waals surface area contributed by atoms with Crippen molar-refractivity contribution in [2.45, 2.75) is 25.2 Å². The number of benzene rings is 1. The highest BCUT2D eigenvalue weighted by molar-refractivity contribution is 5.92. The van der Waals surface area contributed by atoms with Crippen molar-refractivity contribution in [1.82, 2.24) is 10.3 Å². The van der Waals surface area contributed by atoms with Crippen LogP contribution in [-0.4, -0.2) is 43.4 Å². The number of methoxy groups -OCH3 is 1. The zero-order valence-electron chi connectivity index (χ0n) is 14.2. The average molecular weight is 342 g/mol. The van der Waals surface area contributed by atoms with Gasteiger partial charge in [0.2, 0.25) is 0 Å². The first-order valence-electron chi connectivity index (χ1n) is 8.30. The second-order valence-electron chi connectivity index (χ2n) is 5.86. The van der Waals surface area contributed by atoms with Crippen molar-refractivity contribution in [3.8, 4) is 5.75 Å². The van der Waals surface area contributed by atoms with Gasteiger partial charge in [-0.15, -0.1) is 0 Å². The Balaban J connectivity index is 1.61. The number of rotatable bonds is 6. The van der Waals surface area contributed by atoms with Crippen LogP contribution in [0.5, 0.6) is 5.75 Å². The molecule has 2 atom stereocenters. The fourth-order valence-corrected chi connectivity index (χ4v) is 2.73. The standard InChI is InChI=1S/C19H22N2O4/c1-23-15-7-9-20-16(11-15)19(22)21-17-13-24-10-8-18(17)25-12-14-5-3-2-4-6-14/h2-7,9,11,17-18H,8,10,12-13H2,1H3,(H,21,22)/t17-,18+/m1/s1. The number of nitrogens with one attached hydrogen (secondary N) is 1. The molecule has 0 radical (unpaired) electrons. The van der Waals surface area contributed by atoms with Gasteiger partial charge in [-0.25, -0.2) is 0 Å². The van der Waals surface area contributed by atoms with Gasteiger partial charge in [-0.3, -0.25) is 9.78 Å². The zero-order chi connectivity index (χ0) is 17.5. The molecule has 0 spiro atoms. The van der Waals surface area contributed by atoms with Gasteiger partial charge in [-0.2, -0.15) is 0 Å². The Labute approximate surface area is 147 Å². The molecule has 1 aromatic carbocycles. The summed E-state index contributed by atoms with van der Waals surface area (Å²) >= 11 is 0. The molecular weight excluding hydrogens is 320 g/mol. The van der Waals surface area contributed by atoms with E-state index in [0.29, 0.717) is 31.3 Å². The number of pyridine rings is 1. The quantitative estimate of drug-likeness (QED) is 0.871.